The highest BCUT2D eigenvalue weighted by molar-refractivity contribution is 9.10. The summed E-state index contributed by atoms with van der Waals surface area (Å²) in [6.45, 7) is 4.55. The number of hydrogen-bond donors (Lipinski definition) is 1. The van der Waals surface area contributed by atoms with Crippen molar-refractivity contribution in [2.24, 2.45) is 5.92 Å². The van der Waals surface area contributed by atoms with Crippen LogP contribution in [0, 0.1) is 5.92 Å². The maximum absolute atomic E-state index is 5.90. The van der Waals surface area contributed by atoms with E-state index in [0.29, 0.717) is 12.0 Å². The van der Waals surface area contributed by atoms with Crippen LogP contribution in [0.3, 0.4) is 0 Å². The topological polar surface area (TPSA) is 30.5 Å². The van der Waals surface area contributed by atoms with Gasteiger partial charge >= 0.3 is 0 Å². The summed E-state index contributed by atoms with van der Waals surface area (Å²) in [6, 6.07) is 8.74. The lowest BCUT2D eigenvalue weighted by Gasteiger charge is -2.42. The Kier molecular flexibility index (Phi) is 3.45. The second-order valence-electron chi connectivity index (χ2n) is 5.13. The van der Waals surface area contributed by atoms with Gasteiger partial charge in [0.1, 0.15) is 0 Å². The monoisotopic (exact) mass is 311 g/mol. The molecule has 0 bridgehead atoms. The molecule has 3 nitrogen and oxygen atoms in total. The van der Waals surface area contributed by atoms with Gasteiger partial charge in [-0.2, -0.15) is 0 Å². The van der Waals surface area contributed by atoms with Crippen LogP contribution in [0.2, 0.25) is 0 Å². The number of piperidine rings is 1. The molecule has 0 saturated carbocycles. The van der Waals surface area contributed by atoms with Crippen molar-refractivity contribution in [1.82, 2.24) is 5.32 Å². The zero-order chi connectivity index (χ0) is 12.6. The molecule has 1 aromatic rings. The molecule has 2 aliphatic rings. The molecule has 1 N–H and O–H groups in total. The van der Waals surface area contributed by atoms with Crippen LogP contribution in [0.1, 0.15) is 24.9 Å². The number of benzene rings is 1. The lowest BCUT2D eigenvalue weighted by Crippen LogP contribution is -2.51. The summed E-state index contributed by atoms with van der Waals surface area (Å²) in [5, 5.41) is 3.58. The minimum Gasteiger partial charge on any atom is -0.347 e. The van der Waals surface area contributed by atoms with Crippen LogP contribution in [0.25, 0.3) is 0 Å². The van der Waals surface area contributed by atoms with Crippen LogP contribution in [0.4, 0.5) is 0 Å². The number of halogens is 1. The quantitative estimate of drug-likeness (QED) is 0.865. The molecule has 98 valence electrons. The molecule has 2 atom stereocenters. The number of hydrogen-bond acceptors (Lipinski definition) is 3. The van der Waals surface area contributed by atoms with Gasteiger partial charge in [0.25, 0.3) is 0 Å². The minimum atomic E-state index is -0.377. The largest absolute Gasteiger partial charge is 0.347 e. The van der Waals surface area contributed by atoms with E-state index < -0.39 is 0 Å². The van der Waals surface area contributed by atoms with Crippen molar-refractivity contribution < 1.29 is 9.47 Å². The fourth-order valence-electron chi connectivity index (χ4n) is 2.86. The maximum atomic E-state index is 5.90. The van der Waals surface area contributed by atoms with E-state index in [4.69, 9.17) is 9.47 Å². The van der Waals surface area contributed by atoms with E-state index in [2.05, 4.69) is 46.4 Å². The average molecular weight is 312 g/mol. The Morgan fingerprint density at radius 2 is 2.11 bits per heavy atom. The molecular weight excluding hydrogens is 294 g/mol. The molecule has 2 saturated heterocycles. The summed E-state index contributed by atoms with van der Waals surface area (Å²) >= 11 is 3.53. The van der Waals surface area contributed by atoms with Crippen molar-refractivity contribution in [2.75, 3.05) is 19.8 Å². The highest BCUT2D eigenvalue weighted by Crippen LogP contribution is 2.40. The van der Waals surface area contributed by atoms with Gasteiger partial charge in [0.15, 0.2) is 5.79 Å². The Labute approximate surface area is 116 Å². The van der Waals surface area contributed by atoms with Gasteiger partial charge in [-0.05, 0) is 17.7 Å². The first kappa shape index (κ1) is 12.6. The molecule has 0 aliphatic carbocycles. The van der Waals surface area contributed by atoms with Crippen LogP contribution >= 0.6 is 15.9 Å². The summed E-state index contributed by atoms with van der Waals surface area (Å²) in [7, 11) is 0. The van der Waals surface area contributed by atoms with Gasteiger partial charge in [0, 0.05) is 29.4 Å². The minimum absolute atomic E-state index is 0.303. The summed E-state index contributed by atoms with van der Waals surface area (Å²) in [4.78, 5) is 0. The van der Waals surface area contributed by atoms with Crippen molar-refractivity contribution in [3.63, 3.8) is 0 Å². The summed E-state index contributed by atoms with van der Waals surface area (Å²) in [5.41, 5.74) is 1.29. The van der Waals surface area contributed by atoms with Crippen molar-refractivity contribution in [2.45, 2.75) is 25.2 Å². The molecular formula is C14H18BrNO2. The highest BCUT2D eigenvalue weighted by atomic mass is 79.9. The summed E-state index contributed by atoms with van der Waals surface area (Å²) < 4.78 is 12.9. The Morgan fingerprint density at radius 3 is 2.83 bits per heavy atom. The number of nitrogens with one attached hydrogen (secondary N) is 1. The lowest BCUT2D eigenvalue weighted by molar-refractivity contribution is -0.210. The standard InChI is InChI=1S/C14H18BrNO2/c1-10-9-16-13(8-14(10)17-5-6-18-14)11-3-2-4-12(15)7-11/h2-4,7,10,13,16H,5-6,8-9H2,1H3. The normalized spacial score (nSPS) is 30.8. The fraction of sp³-hybridized carbons (Fsp3) is 0.571. The second kappa shape index (κ2) is 4.93. The second-order valence-corrected chi connectivity index (χ2v) is 6.05. The molecule has 0 aromatic heterocycles. The zero-order valence-electron chi connectivity index (χ0n) is 10.5. The number of rotatable bonds is 1. The van der Waals surface area contributed by atoms with Crippen molar-refractivity contribution in [3.05, 3.63) is 34.3 Å². The molecule has 0 amide bonds. The van der Waals surface area contributed by atoms with Gasteiger partial charge in [0.05, 0.1) is 13.2 Å². The van der Waals surface area contributed by atoms with Crippen LogP contribution in [-0.2, 0) is 9.47 Å². The molecule has 2 unspecified atom stereocenters. The van der Waals surface area contributed by atoms with E-state index in [1.807, 2.05) is 6.07 Å². The first-order chi connectivity index (χ1) is 8.70. The van der Waals surface area contributed by atoms with Gasteiger partial charge in [-0.25, -0.2) is 0 Å². The summed E-state index contributed by atoms with van der Waals surface area (Å²) in [6.07, 6.45) is 0.880. The van der Waals surface area contributed by atoms with E-state index >= 15 is 0 Å². The third-order valence-electron chi connectivity index (χ3n) is 3.94. The first-order valence-corrected chi connectivity index (χ1v) is 7.26. The van der Waals surface area contributed by atoms with Gasteiger partial charge < -0.3 is 14.8 Å². The van der Waals surface area contributed by atoms with E-state index in [0.717, 1.165) is 30.7 Å². The smallest absolute Gasteiger partial charge is 0.174 e. The van der Waals surface area contributed by atoms with Crippen molar-refractivity contribution in [3.8, 4) is 0 Å². The molecule has 3 rings (SSSR count). The lowest BCUT2D eigenvalue weighted by atomic mass is 9.86. The first-order valence-electron chi connectivity index (χ1n) is 6.46. The molecule has 18 heavy (non-hydrogen) atoms. The molecule has 1 spiro atoms. The maximum Gasteiger partial charge on any atom is 0.174 e. The van der Waals surface area contributed by atoms with Gasteiger partial charge in [-0.3, -0.25) is 0 Å². The molecule has 0 radical (unpaired) electrons. The Balaban J connectivity index is 1.82. The Morgan fingerprint density at radius 1 is 1.33 bits per heavy atom. The van der Waals surface area contributed by atoms with Crippen LogP contribution < -0.4 is 5.32 Å². The molecule has 1 aromatic carbocycles. The Hall–Kier alpha value is -0.420. The fourth-order valence-corrected chi connectivity index (χ4v) is 3.28. The highest BCUT2D eigenvalue weighted by Gasteiger charge is 2.46. The van der Waals surface area contributed by atoms with Crippen LogP contribution in [-0.4, -0.2) is 25.5 Å². The molecule has 2 aliphatic heterocycles. The van der Waals surface area contributed by atoms with E-state index in [1.165, 1.54) is 5.56 Å². The third-order valence-corrected chi connectivity index (χ3v) is 4.43. The van der Waals surface area contributed by atoms with Crippen molar-refractivity contribution >= 4 is 15.9 Å². The van der Waals surface area contributed by atoms with Crippen LogP contribution in [0.5, 0.6) is 0 Å². The SMILES string of the molecule is CC1CNC(c2cccc(Br)c2)CC12OCCO2. The van der Waals surface area contributed by atoms with E-state index in [-0.39, 0.29) is 5.79 Å². The molecule has 2 fully saturated rings. The zero-order valence-corrected chi connectivity index (χ0v) is 12.1. The third kappa shape index (κ3) is 2.23. The molecule has 2 heterocycles. The van der Waals surface area contributed by atoms with E-state index in [9.17, 15) is 0 Å². The van der Waals surface area contributed by atoms with Gasteiger partial charge in [-0.1, -0.05) is 35.0 Å². The van der Waals surface area contributed by atoms with Crippen molar-refractivity contribution in [1.29, 1.82) is 0 Å². The summed E-state index contributed by atoms with van der Waals surface area (Å²) in [5.74, 6) is 0.0153. The van der Waals surface area contributed by atoms with E-state index in [1.54, 1.807) is 0 Å². The average Bonchev–Trinajstić information content (AvgIpc) is 2.82. The Bertz CT molecular complexity index is 432. The van der Waals surface area contributed by atoms with Crippen LogP contribution in [0.15, 0.2) is 28.7 Å². The predicted molar refractivity (Wildman–Crippen MR) is 73.3 cm³/mol. The molecule has 4 heteroatoms. The predicted octanol–water partition coefficient (Wildman–Crippen LogP) is 2.86. The van der Waals surface area contributed by atoms with Gasteiger partial charge in [-0.15, -0.1) is 0 Å². The van der Waals surface area contributed by atoms with Gasteiger partial charge in [0.2, 0.25) is 0 Å². The number of ether oxygens (including phenoxy) is 2.